The minimum atomic E-state index is 0.660. The number of rotatable bonds is 4. The van der Waals surface area contributed by atoms with Crippen LogP contribution in [-0.2, 0) is 11.9 Å². The number of benzene rings is 1. The van der Waals surface area contributed by atoms with Crippen molar-refractivity contribution in [2.45, 2.75) is 18.8 Å². The molecule has 0 aliphatic carbocycles. The highest BCUT2D eigenvalue weighted by atomic mass is 79.9. The van der Waals surface area contributed by atoms with Crippen LogP contribution in [0.3, 0.4) is 0 Å². The number of hydrogen-bond donors (Lipinski definition) is 0. The molecule has 0 spiro atoms. The summed E-state index contributed by atoms with van der Waals surface area (Å²) in [6, 6.07) is 5.60. The fourth-order valence-electron chi connectivity index (χ4n) is 1.43. The number of nitrogens with zero attached hydrogens (tertiary/aromatic N) is 2. The minimum Gasteiger partial charge on any atom is -0.454 e. The molecular weight excluding hydrogens is 304 g/mol. The van der Waals surface area contributed by atoms with E-state index < -0.39 is 0 Å². The highest BCUT2D eigenvalue weighted by Gasteiger charge is 2.06. The fraction of sp³-hybridized carbons (Fsp3) is 0.250. The Labute approximate surface area is 113 Å². The van der Waals surface area contributed by atoms with Gasteiger partial charge < -0.3 is 4.74 Å². The van der Waals surface area contributed by atoms with E-state index in [0.717, 1.165) is 28.9 Å². The minimum absolute atomic E-state index is 0.660. The molecule has 17 heavy (non-hydrogen) atoms. The van der Waals surface area contributed by atoms with Crippen molar-refractivity contribution in [2.24, 2.45) is 0 Å². The summed E-state index contributed by atoms with van der Waals surface area (Å²) in [4.78, 5) is 0. The van der Waals surface area contributed by atoms with Crippen molar-refractivity contribution in [1.82, 2.24) is 9.78 Å². The molecule has 0 aliphatic rings. The van der Waals surface area contributed by atoms with Crippen LogP contribution in [0.15, 0.2) is 30.6 Å². The van der Waals surface area contributed by atoms with E-state index in [9.17, 15) is 0 Å². The molecule has 0 radical (unpaired) electrons. The van der Waals surface area contributed by atoms with E-state index >= 15 is 0 Å². The summed E-state index contributed by atoms with van der Waals surface area (Å²) in [7, 11) is 0. The van der Waals surface area contributed by atoms with Gasteiger partial charge in [-0.2, -0.15) is 5.10 Å². The summed E-state index contributed by atoms with van der Waals surface area (Å²) in [5.41, 5.74) is 1.05. The van der Waals surface area contributed by atoms with Gasteiger partial charge in [0.05, 0.1) is 12.4 Å². The lowest BCUT2D eigenvalue weighted by Gasteiger charge is -2.07. The van der Waals surface area contributed by atoms with Gasteiger partial charge in [0, 0.05) is 22.5 Å². The third-order valence-electron chi connectivity index (χ3n) is 2.33. The van der Waals surface area contributed by atoms with E-state index in [1.807, 2.05) is 29.9 Å². The fourth-order valence-corrected chi connectivity index (χ4v) is 2.06. The van der Waals surface area contributed by atoms with Crippen molar-refractivity contribution in [3.05, 3.63) is 41.2 Å². The van der Waals surface area contributed by atoms with Gasteiger partial charge in [-0.3, -0.25) is 4.68 Å². The zero-order chi connectivity index (χ0) is 12.3. The van der Waals surface area contributed by atoms with Crippen LogP contribution in [0.1, 0.15) is 12.5 Å². The van der Waals surface area contributed by atoms with Gasteiger partial charge in [-0.15, -0.1) is 0 Å². The van der Waals surface area contributed by atoms with E-state index in [0.29, 0.717) is 5.02 Å². The predicted octanol–water partition coefficient (Wildman–Crippen LogP) is 4.24. The van der Waals surface area contributed by atoms with Crippen LogP contribution < -0.4 is 4.74 Å². The van der Waals surface area contributed by atoms with Crippen molar-refractivity contribution in [1.29, 1.82) is 0 Å². The lowest BCUT2D eigenvalue weighted by Crippen LogP contribution is -1.92. The summed E-state index contributed by atoms with van der Waals surface area (Å²) < 4.78 is 7.58. The van der Waals surface area contributed by atoms with E-state index in [-0.39, 0.29) is 0 Å². The zero-order valence-corrected chi connectivity index (χ0v) is 11.7. The molecule has 5 heteroatoms. The molecule has 2 aromatic rings. The van der Waals surface area contributed by atoms with Crippen molar-refractivity contribution in [3.8, 4) is 11.5 Å². The molecule has 0 amide bonds. The summed E-state index contributed by atoms with van der Waals surface area (Å²) >= 11 is 9.38. The Morgan fingerprint density at radius 1 is 1.47 bits per heavy atom. The Hall–Kier alpha value is -1.00. The average molecular weight is 316 g/mol. The van der Waals surface area contributed by atoms with Gasteiger partial charge >= 0.3 is 0 Å². The van der Waals surface area contributed by atoms with Crippen LogP contribution >= 0.6 is 27.5 Å². The van der Waals surface area contributed by atoms with Gasteiger partial charge in [0.25, 0.3) is 0 Å². The van der Waals surface area contributed by atoms with Gasteiger partial charge in [0.2, 0.25) is 0 Å². The van der Waals surface area contributed by atoms with Crippen molar-refractivity contribution in [3.63, 3.8) is 0 Å². The van der Waals surface area contributed by atoms with E-state index in [1.165, 1.54) is 0 Å². The Balaban J connectivity index is 2.25. The van der Waals surface area contributed by atoms with Gasteiger partial charge in [-0.1, -0.05) is 33.6 Å². The number of alkyl halides is 1. The standard InChI is InChI=1S/C12H12BrClN2O/c1-2-16-8-11(7-15-16)17-12-5-10(14)4-3-9(12)6-13/h3-5,7-8H,2,6H2,1H3. The molecule has 1 aromatic carbocycles. The first kappa shape index (κ1) is 12.5. The molecular formula is C12H12BrClN2O. The molecule has 0 atom stereocenters. The zero-order valence-electron chi connectivity index (χ0n) is 9.36. The maximum atomic E-state index is 5.96. The summed E-state index contributed by atoms with van der Waals surface area (Å²) in [6.45, 7) is 2.85. The third-order valence-corrected chi connectivity index (χ3v) is 3.17. The Morgan fingerprint density at radius 2 is 2.29 bits per heavy atom. The molecule has 0 bridgehead atoms. The molecule has 0 unspecified atom stereocenters. The molecule has 90 valence electrons. The third kappa shape index (κ3) is 3.01. The lowest BCUT2D eigenvalue weighted by molar-refractivity contribution is 0.477. The Morgan fingerprint density at radius 3 is 2.94 bits per heavy atom. The monoisotopic (exact) mass is 314 g/mol. The molecule has 0 saturated heterocycles. The van der Waals surface area contributed by atoms with Gasteiger partial charge in [-0.25, -0.2) is 0 Å². The molecule has 1 heterocycles. The van der Waals surface area contributed by atoms with Crippen LogP contribution in [-0.4, -0.2) is 9.78 Å². The second-order valence-corrected chi connectivity index (χ2v) is 4.52. The maximum absolute atomic E-state index is 5.96. The highest BCUT2D eigenvalue weighted by molar-refractivity contribution is 9.08. The largest absolute Gasteiger partial charge is 0.454 e. The number of ether oxygens (including phenoxy) is 1. The summed E-state index contributed by atoms with van der Waals surface area (Å²) in [5, 5.41) is 5.54. The maximum Gasteiger partial charge on any atom is 0.165 e. The Bertz CT molecular complexity index is 513. The van der Waals surface area contributed by atoms with Crippen LogP contribution in [0.2, 0.25) is 5.02 Å². The van der Waals surface area contributed by atoms with Crippen molar-refractivity contribution < 1.29 is 4.74 Å². The first-order valence-corrected chi connectivity index (χ1v) is 6.77. The van der Waals surface area contributed by atoms with Crippen LogP contribution in [0.25, 0.3) is 0 Å². The number of aromatic nitrogens is 2. The molecule has 2 rings (SSSR count). The summed E-state index contributed by atoms with van der Waals surface area (Å²) in [5.74, 6) is 1.47. The van der Waals surface area contributed by atoms with Crippen molar-refractivity contribution in [2.75, 3.05) is 0 Å². The first-order chi connectivity index (χ1) is 8.22. The van der Waals surface area contributed by atoms with Crippen molar-refractivity contribution >= 4 is 27.5 Å². The SMILES string of the molecule is CCn1cc(Oc2cc(Cl)ccc2CBr)cn1. The average Bonchev–Trinajstić information content (AvgIpc) is 2.77. The summed E-state index contributed by atoms with van der Waals surface area (Å²) in [6.07, 6.45) is 3.56. The Kier molecular flexibility index (Phi) is 4.07. The quantitative estimate of drug-likeness (QED) is 0.789. The van der Waals surface area contributed by atoms with E-state index in [2.05, 4.69) is 21.0 Å². The number of aryl methyl sites for hydroxylation is 1. The molecule has 1 aromatic heterocycles. The molecule has 0 saturated carbocycles. The van der Waals surface area contributed by atoms with E-state index in [4.69, 9.17) is 16.3 Å². The lowest BCUT2D eigenvalue weighted by atomic mass is 10.2. The second kappa shape index (κ2) is 5.56. The predicted molar refractivity (Wildman–Crippen MR) is 72.1 cm³/mol. The van der Waals surface area contributed by atoms with Crippen LogP contribution in [0.5, 0.6) is 11.5 Å². The number of halogens is 2. The van der Waals surface area contributed by atoms with Gasteiger partial charge in [-0.05, 0) is 19.1 Å². The highest BCUT2D eigenvalue weighted by Crippen LogP contribution is 2.29. The number of hydrogen-bond acceptors (Lipinski definition) is 2. The van der Waals surface area contributed by atoms with Crippen LogP contribution in [0, 0.1) is 0 Å². The second-order valence-electron chi connectivity index (χ2n) is 3.52. The normalized spacial score (nSPS) is 10.5. The molecule has 0 fully saturated rings. The smallest absolute Gasteiger partial charge is 0.165 e. The van der Waals surface area contributed by atoms with Crippen LogP contribution in [0.4, 0.5) is 0 Å². The molecule has 0 aliphatic heterocycles. The van der Waals surface area contributed by atoms with Gasteiger partial charge in [0.1, 0.15) is 5.75 Å². The van der Waals surface area contributed by atoms with E-state index in [1.54, 1.807) is 12.3 Å². The molecule has 3 nitrogen and oxygen atoms in total. The first-order valence-electron chi connectivity index (χ1n) is 5.27. The molecule has 0 N–H and O–H groups in total. The topological polar surface area (TPSA) is 27.1 Å². The van der Waals surface area contributed by atoms with Gasteiger partial charge in [0.15, 0.2) is 5.75 Å².